The summed E-state index contributed by atoms with van der Waals surface area (Å²) in [7, 11) is -12.0. The molecule has 312 valence electrons. The SMILES string of the molecule is O=C(CC12CC3CC(CC(C3)C1)C2)OCC(F)C(F)(F)S(=O)(=O)O.O=C(CC12CC3CC(CC(C3)C1)C2)OCC(F)C(F)(F)S(=O)(=O)[O-].[SH2+]c1ccccc1. The summed E-state index contributed by atoms with van der Waals surface area (Å²) in [6, 6.07) is 9.96. The first-order valence-electron chi connectivity index (χ1n) is 18.4. The zero-order valence-corrected chi connectivity index (χ0v) is 32.7. The molecule has 2 unspecified atom stereocenters. The molecule has 10 nitrogen and oxygen atoms in total. The van der Waals surface area contributed by atoms with Crippen molar-refractivity contribution in [3.63, 3.8) is 0 Å². The van der Waals surface area contributed by atoms with Gasteiger partial charge >= 0.3 is 32.6 Å². The fourth-order valence-electron chi connectivity index (χ4n) is 11.0. The molecule has 19 heteroatoms. The third-order valence-electron chi connectivity index (χ3n) is 12.3. The third-order valence-corrected chi connectivity index (χ3v) is 14.5. The standard InChI is InChI=1S/2C15H21F3O5S.C6H6S/c2*16-12(15(17,18)24(20,21)22)8-23-13(19)7-14-4-9-1-10(5-14)3-11(2-9)6-14;7-6-4-2-1-3-5-6/h2*9-12H,1-8H2,(H,20,21,22);1-5,7H. The largest absolute Gasteiger partial charge is 0.743 e. The molecule has 1 aromatic carbocycles. The average Bonchev–Trinajstić information content (AvgIpc) is 3.04. The van der Waals surface area contributed by atoms with Crippen molar-refractivity contribution in [3.05, 3.63) is 30.3 Å². The van der Waals surface area contributed by atoms with Crippen molar-refractivity contribution in [2.45, 2.75) is 118 Å². The van der Waals surface area contributed by atoms with Crippen LogP contribution in [0.4, 0.5) is 26.3 Å². The lowest BCUT2D eigenvalue weighted by Gasteiger charge is -2.56. The van der Waals surface area contributed by atoms with Gasteiger partial charge in [-0.3, -0.25) is 14.1 Å². The van der Waals surface area contributed by atoms with Crippen LogP contribution in [0.3, 0.4) is 0 Å². The van der Waals surface area contributed by atoms with Crippen molar-refractivity contribution in [1.29, 1.82) is 0 Å². The van der Waals surface area contributed by atoms with Gasteiger partial charge in [0, 0.05) is 0 Å². The van der Waals surface area contributed by atoms with Gasteiger partial charge in [-0.25, -0.2) is 17.2 Å². The molecule has 8 bridgehead atoms. The summed E-state index contributed by atoms with van der Waals surface area (Å²) in [5, 5.41) is -10.1. The van der Waals surface area contributed by atoms with Crippen molar-refractivity contribution >= 4 is 44.8 Å². The predicted octanol–water partition coefficient (Wildman–Crippen LogP) is 6.62. The number of benzene rings is 1. The highest BCUT2D eigenvalue weighted by atomic mass is 32.2. The first-order chi connectivity index (χ1) is 25.4. The Hall–Kier alpha value is -2.09. The monoisotopic (exact) mass is 850 g/mol. The number of hydrogen-bond acceptors (Lipinski definition) is 9. The average molecular weight is 851 g/mol. The minimum atomic E-state index is -6.14. The van der Waals surface area contributed by atoms with Crippen LogP contribution in [0.15, 0.2) is 35.2 Å². The second-order valence-corrected chi connectivity index (χ2v) is 20.4. The Morgan fingerprint density at radius 1 is 0.691 bits per heavy atom. The van der Waals surface area contributed by atoms with E-state index in [-0.39, 0.29) is 23.7 Å². The van der Waals surface area contributed by atoms with E-state index < -0.39 is 68.2 Å². The highest BCUT2D eigenvalue weighted by Crippen LogP contribution is 2.62. The molecule has 0 saturated heterocycles. The molecule has 8 aliphatic rings. The van der Waals surface area contributed by atoms with E-state index in [1.165, 1.54) is 38.5 Å². The number of esters is 2. The molecule has 0 heterocycles. The lowest BCUT2D eigenvalue weighted by atomic mass is 9.49. The number of alkyl halides is 6. The molecule has 0 spiro atoms. The quantitative estimate of drug-likeness (QED) is 0.105. The Morgan fingerprint density at radius 3 is 1.25 bits per heavy atom. The van der Waals surface area contributed by atoms with E-state index in [0.717, 1.165) is 43.4 Å². The molecular formula is C36H48F6O10S3. The summed E-state index contributed by atoms with van der Waals surface area (Å²) in [4.78, 5) is 25.0. The van der Waals surface area contributed by atoms with Crippen molar-refractivity contribution in [3.8, 4) is 0 Å². The van der Waals surface area contributed by atoms with Crippen LogP contribution in [0, 0.1) is 46.3 Å². The van der Waals surface area contributed by atoms with Crippen molar-refractivity contribution in [2.75, 3.05) is 13.2 Å². The van der Waals surface area contributed by atoms with Crippen LogP contribution in [-0.2, 0) is 51.9 Å². The fourth-order valence-corrected chi connectivity index (χ4v) is 12.0. The normalized spacial score (nSPS) is 33.0. The number of ether oxygens (including phenoxy) is 2. The molecule has 8 saturated carbocycles. The smallest absolute Gasteiger partial charge is 0.403 e. The summed E-state index contributed by atoms with van der Waals surface area (Å²) in [6.07, 6.45) is 5.94. The summed E-state index contributed by atoms with van der Waals surface area (Å²) in [5.41, 5.74) is -0.367. The van der Waals surface area contributed by atoms with E-state index >= 15 is 0 Å². The number of carbonyl (C=O) groups is 2. The van der Waals surface area contributed by atoms with E-state index in [4.69, 9.17) is 4.55 Å². The van der Waals surface area contributed by atoms with Crippen LogP contribution in [0.2, 0.25) is 0 Å². The minimum Gasteiger partial charge on any atom is -0.743 e. The number of hydrogen-bond donors (Lipinski definition) is 1. The number of carbonyl (C=O) groups excluding carboxylic acids is 2. The molecule has 55 heavy (non-hydrogen) atoms. The Labute approximate surface area is 322 Å². The topological polar surface area (TPSA) is 164 Å². The first-order valence-corrected chi connectivity index (χ1v) is 21.8. The maximum atomic E-state index is 13.4. The molecule has 8 aliphatic carbocycles. The molecular weight excluding hydrogens is 803 g/mol. The van der Waals surface area contributed by atoms with Crippen LogP contribution in [0.25, 0.3) is 0 Å². The third kappa shape index (κ3) is 10.7. The van der Waals surface area contributed by atoms with Gasteiger partial charge < -0.3 is 14.0 Å². The molecule has 8 fully saturated rings. The summed E-state index contributed by atoms with van der Waals surface area (Å²) >= 11 is 3.36. The number of rotatable bonds is 12. The minimum absolute atomic E-state index is 0.0406. The van der Waals surface area contributed by atoms with Gasteiger partial charge in [0.1, 0.15) is 18.1 Å². The molecule has 0 radical (unpaired) electrons. The molecule has 0 aliphatic heterocycles. The Kier molecular flexibility index (Phi) is 13.3. The summed E-state index contributed by atoms with van der Waals surface area (Å²) in [6.45, 7) is -2.82. The Morgan fingerprint density at radius 2 is 1.00 bits per heavy atom. The van der Waals surface area contributed by atoms with Gasteiger partial charge in [0.15, 0.2) is 10.1 Å². The molecule has 0 amide bonds. The molecule has 9 rings (SSSR count). The van der Waals surface area contributed by atoms with E-state index in [0.29, 0.717) is 35.5 Å². The molecule has 1 aromatic rings. The highest BCUT2D eigenvalue weighted by Gasteiger charge is 2.55. The number of halogens is 6. The second kappa shape index (κ2) is 16.6. The van der Waals surface area contributed by atoms with Crippen LogP contribution < -0.4 is 0 Å². The van der Waals surface area contributed by atoms with E-state index in [1.54, 1.807) is 0 Å². The Bertz CT molecular complexity index is 1570. The first kappa shape index (κ1) is 44.0. The van der Waals surface area contributed by atoms with Crippen LogP contribution >= 0.6 is 0 Å². The zero-order valence-electron chi connectivity index (χ0n) is 30.0. The lowest BCUT2D eigenvalue weighted by Crippen LogP contribution is -2.47. The summed E-state index contributed by atoms with van der Waals surface area (Å²) in [5.74, 6) is 1.98. The van der Waals surface area contributed by atoms with Gasteiger partial charge in [-0.15, -0.1) is 0 Å². The van der Waals surface area contributed by atoms with Crippen LogP contribution in [-0.4, -0.2) is 73.9 Å². The lowest BCUT2D eigenvalue weighted by molar-refractivity contribution is -0.157. The fraction of sp³-hybridized carbons (Fsp3) is 0.778. The van der Waals surface area contributed by atoms with E-state index in [2.05, 4.69) is 22.1 Å². The second-order valence-electron chi connectivity index (χ2n) is 16.9. The highest BCUT2D eigenvalue weighted by molar-refractivity contribution is 7.87. The van der Waals surface area contributed by atoms with E-state index in [9.17, 15) is 57.3 Å². The molecule has 2 atom stereocenters. The van der Waals surface area contributed by atoms with Gasteiger partial charge in [0.2, 0.25) is 12.3 Å². The zero-order chi connectivity index (χ0) is 40.6. The van der Waals surface area contributed by atoms with Gasteiger partial charge in [0.05, 0.1) is 12.8 Å². The van der Waals surface area contributed by atoms with Crippen molar-refractivity contribution < 1.29 is 71.3 Å². The van der Waals surface area contributed by atoms with Gasteiger partial charge in [-0.05, 0) is 148 Å². The van der Waals surface area contributed by atoms with Gasteiger partial charge in [-0.1, -0.05) is 18.2 Å². The molecule has 1 N–H and O–H groups in total. The van der Waals surface area contributed by atoms with Gasteiger partial charge in [0.25, 0.3) is 0 Å². The van der Waals surface area contributed by atoms with Crippen LogP contribution in [0.5, 0.6) is 0 Å². The maximum Gasteiger partial charge on any atom is 0.403 e. The Balaban J connectivity index is 0.000000179. The molecule has 0 aromatic heterocycles. The summed E-state index contributed by atoms with van der Waals surface area (Å²) < 4.78 is 148. The van der Waals surface area contributed by atoms with Crippen molar-refractivity contribution in [2.24, 2.45) is 46.3 Å². The predicted molar refractivity (Wildman–Crippen MR) is 188 cm³/mol. The van der Waals surface area contributed by atoms with Crippen LogP contribution in [0.1, 0.15) is 89.9 Å². The van der Waals surface area contributed by atoms with E-state index in [1.807, 2.05) is 30.3 Å². The maximum absolute atomic E-state index is 13.4. The van der Waals surface area contributed by atoms with Crippen molar-refractivity contribution in [1.82, 2.24) is 0 Å². The van der Waals surface area contributed by atoms with Gasteiger partial charge in [-0.2, -0.15) is 26.0 Å².